The molecule has 130 valence electrons. The van der Waals surface area contributed by atoms with E-state index in [0.717, 1.165) is 5.56 Å². The van der Waals surface area contributed by atoms with Crippen molar-refractivity contribution in [3.8, 4) is 0 Å². The number of nitrogens with zero attached hydrogens (tertiary/aromatic N) is 1. The lowest BCUT2D eigenvalue weighted by atomic mass is 9.96. The first kappa shape index (κ1) is 17.1. The molecule has 0 bridgehead atoms. The fraction of sp³-hybridized carbons (Fsp3) is 0.300. The second kappa shape index (κ2) is 7.05. The number of hydrogen-bond donors (Lipinski definition) is 1. The molecule has 2 amide bonds. The third kappa shape index (κ3) is 3.55. The molecule has 2 aromatic rings. The molecular weight excluding hydrogens is 319 g/mol. The first-order valence-electron chi connectivity index (χ1n) is 8.41. The molecule has 1 saturated heterocycles. The van der Waals surface area contributed by atoms with Gasteiger partial charge in [0.05, 0.1) is 0 Å². The molecule has 1 aliphatic rings. The van der Waals surface area contributed by atoms with Crippen molar-refractivity contribution in [3.05, 3.63) is 71.0 Å². The van der Waals surface area contributed by atoms with E-state index < -0.39 is 11.9 Å². The van der Waals surface area contributed by atoms with Gasteiger partial charge in [-0.2, -0.15) is 0 Å². The standard InChI is InChI=1S/C20H21FN2O2/c1-13(2)14-6-8-15(9-7-14)18-19(24)22-10-11-23(18)20(25)16-4-3-5-17(21)12-16/h3-9,12-13,18H,10-11H2,1-2H3,(H,22,24). The molecule has 1 heterocycles. The molecule has 25 heavy (non-hydrogen) atoms. The summed E-state index contributed by atoms with van der Waals surface area (Å²) in [6.45, 7) is 4.97. The van der Waals surface area contributed by atoms with Gasteiger partial charge in [-0.05, 0) is 35.2 Å². The molecule has 4 nitrogen and oxygen atoms in total. The zero-order valence-electron chi connectivity index (χ0n) is 14.3. The van der Waals surface area contributed by atoms with Gasteiger partial charge in [-0.1, -0.05) is 44.2 Å². The van der Waals surface area contributed by atoms with Crippen LogP contribution in [0.5, 0.6) is 0 Å². The summed E-state index contributed by atoms with van der Waals surface area (Å²) >= 11 is 0. The zero-order chi connectivity index (χ0) is 18.0. The van der Waals surface area contributed by atoms with E-state index in [1.165, 1.54) is 28.7 Å². The van der Waals surface area contributed by atoms with E-state index in [2.05, 4.69) is 19.2 Å². The Morgan fingerprint density at radius 3 is 2.56 bits per heavy atom. The fourth-order valence-corrected chi connectivity index (χ4v) is 3.07. The van der Waals surface area contributed by atoms with Crippen LogP contribution in [0.1, 0.15) is 47.3 Å². The Hall–Kier alpha value is -2.69. The SMILES string of the molecule is CC(C)c1ccc(C2C(=O)NCCN2C(=O)c2cccc(F)c2)cc1. The number of rotatable bonds is 3. The van der Waals surface area contributed by atoms with Gasteiger partial charge in [0.1, 0.15) is 11.9 Å². The van der Waals surface area contributed by atoms with E-state index in [0.29, 0.717) is 19.0 Å². The van der Waals surface area contributed by atoms with Crippen LogP contribution in [-0.4, -0.2) is 29.8 Å². The van der Waals surface area contributed by atoms with Gasteiger partial charge in [0.15, 0.2) is 0 Å². The third-order valence-corrected chi connectivity index (χ3v) is 4.46. The van der Waals surface area contributed by atoms with E-state index in [1.54, 1.807) is 6.07 Å². The van der Waals surface area contributed by atoms with Crippen LogP contribution >= 0.6 is 0 Å². The summed E-state index contributed by atoms with van der Waals surface area (Å²) < 4.78 is 13.5. The molecule has 0 radical (unpaired) electrons. The topological polar surface area (TPSA) is 49.4 Å². The Balaban J connectivity index is 1.93. The zero-order valence-corrected chi connectivity index (χ0v) is 14.3. The number of nitrogens with one attached hydrogen (secondary N) is 1. The first-order valence-corrected chi connectivity index (χ1v) is 8.41. The minimum atomic E-state index is -0.703. The van der Waals surface area contributed by atoms with Crippen LogP contribution in [-0.2, 0) is 4.79 Å². The highest BCUT2D eigenvalue weighted by Gasteiger charge is 2.34. The molecule has 0 aromatic heterocycles. The van der Waals surface area contributed by atoms with E-state index in [1.807, 2.05) is 24.3 Å². The summed E-state index contributed by atoms with van der Waals surface area (Å²) in [5.41, 5.74) is 2.17. The summed E-state index contributed by atoms with van der Waals surface area (Å²) in [6, 6.07) is 12.6. The maximum Gasteiger partial charge on any atom is 0.254 e. The molecule has 1 N–H and O–H groups in total. The Labute approximate surface area is 146 Å². The maximum atomic E-state index is 13.5. The lowest BCUT2D eigenvalue weighted by Gasteiger charge is -2.35. The van der Waals surface area contributed by atoms with Crippen molar-refractivity contribution in [3.63, 3.8) is 0 Å². The highest BCUT2D eigenvalue weighted by Crippen LogP contribution is 2.27. The normalized spacial score (nSPS) is 17.5. The molecule has 1 fully saturated rings. The van der Waals surface area contributed by atoms with Crippen molar-refractivity contribution < 1.29 is 14.0 Å². The summed E-state index contributed by atoms with van der Waals surface area (Å²) in [4.78, 5) is 26.8. The Kier molecular flexibility index (Phi) is 4.83. The predicted molar refractivity (Wildman–Crippen MR) is 93.7 cm³/mol. The lowest BCUT2D eigenvalue weighted by molar-refractivity contribution is -0.128. The summed E-state index contributed by atoms with van der Waals surface area (Å²) in [6.07, 6.45) is 0. The van der Waals surface area contributed by atoms with Gasteiger partial charge in [-0.15, -0.1) is 0 Å². The summed E-state index contributed by atoms with van der Waals surface area (Å²) in [5, 5.41) is 2.81. The number of benzene rings is 2. The molecular formula is C20H21FN2O2. The van der Waals surface area contributed by atoms with Gasteiger partial charge in [0.2, 0.25) is 5.91 Å². The van der Waals surface area contributed by atoms with Crippen LogP contribution in [0, 0.1) is 5.82 Å². The molecule has 1 atom stereocenters. The highest BCUT2D eigenvalue weighted by molar-refractivity contribution is 5.98. The smallest absolute Gasteiger partial charge is 0.254 e. The largest absolute Gasteiger partial charge is 0.352 e. The molecule has 1 unspecified atom stereocenters. The van der Waals surface area contributed by atoms with Gasteiger partial charge < -0.3 is 10.2 Å². The Morgan fingerprint density at radius 1 is 1.20 bits per heavy atom. The van der Waals surface area contributed by atoms with Crippen molar-refractivity contribution in [2.24, 2.45) is 0 Å². The van der Waals surface area contributed by atoms with Crippen LogP contribution in [0.2, 0.25) is 0 Å². The Morgan fingerprint density at radius 2 is 1.92 bits per heavy atom. The van der Waals surface area contributed by atoms with Crippen molar-refractivity contribution in [1.82, 2.24) is 10.2 Å². The second-order valence-corrected chi connectivity index (χ2v) is 6.52. The number of hydrogen-bond acceptors (Lipinski definition) is 2. The highest BCUT2D eigenvalue weighted by atomic mass is 19.1. The number of carbonyl (C=O) groups excluding carboxylic acids is 2. The minimum Gasteiger partial charge on any atom is -0.352 e. The quantitative estimate of drug-likeness (QED) is 0.932. The van der Waals surface area contributed by atoms with Crippen molar-refractivity contribution in [2.45, 2.75) is 25.8 Å². The Bertz CT molecular complexity index is 787. The molecule has 0 spiro atoms. The summed E-state index contributed by atoms with van der Waals surface area (Å²) in [7, 11) is 0. The number of piperazine rings is 1. The van der Waals surface area contributed by atoms with Gasteiger partial charge in [-0.3, -0.25) is 9.59 Å². The van der Waals surface area contributed by atoms with Crippen LogP contribution in [0.15, 0.2) is 48.5 Å². The third-order valence-electron chi connectivity index (χ3n) is 4.46. The lowest BCUT2D eigenvalue weighted by Crippen LogP contribution is -2.52. The van der Waals surface area contributed by atoms with E-state index in [4.69, 9.17) is 0 Å². The van der Waals surface area contributed by atoms with Gasteiger partial charge in [0, 0.05) is 18.7 Å². The van der Waals surface area contributed by atoms with Crippen LogP contribution in [0.3, 0.4) is 0 Å². The number of halogens is 1. The minimum absolute atomic E-state index is 0.215. The van der Waals surface area contributed by atoms with E-state index in [-0.39, 0.29) is 17.4 Å². The molecule has 0 aliphatic carbocycles. The van der Waals surface area contributed by atoms with Gasteiger partial charge >= 0.3 is 0 Å². The number of amides is 2. The fourth-order valence-electron chi connectivity index (χ4n) is 3.07. The van der Waals surface area contributed by atoms with Gasteiger partial charge in [0.25, 0.3) is 5.91 Å². The van der Waals surface area contributed by atoms with Crippen LogP contribution < -0.4 is 5.32 Å². The van der Waals surface area contributed by atoms with Crippen LogP contribution in [0.4, 0.5) is 4.39 Å². The maximum absolute atomic E-state index is 13.5. The monoisotopic (exact) mass is 340 g/mol. The van der Waals surface area contributed by atoms with Crippen molar-refractivity contribution in [1.29, 1.82) is 0 Å². The first-order chi connectivity index (χ1) is 12.0. The van der Waals surface area contributed by atoms with Gasteiger partial charge in [-0.25, -0.2) is 4.39 Å². The van der Waals surface area contributed by atoms with E-state index in [9.17, 15) is 14.0 Å². The molecule has 3 rings (SSSR count). The van der Waals surface area contributed by atoms with Crippen LogP contribution in [0.25, 0.3) is 0 Å². The molecule has 1 aliphatic heterocycles. The summed E-state index contributed by atoms with van der Waals surface area (Å²) in [5.74, 6) is -0.634. The van der Waals surface area contributed by atoms with E-state index >= 15 is 0 Å². The van der Waals surface area contributed by atoms with Crippen molar-refractivity contribution in [2.75, 3.05) is 13.1 Å². The average molecular weight is 340 g/mol. The molecule has 0 saturated carbocycles. The number of carbonyl (C=O) groups is 2. The molecule has 5 heteroatoms. The van der Waals surface area contributed by atoms with Crippen molar-refractivity contribution >= 4 is 11.8 Å². The second-order valence-electron chi connectivity index (χ2n) is 6.52. The predicted octanol–water partition coefficient (Wildman–Crippen LogP) is 3.26. The average Bonchev–Trinajstić information content (AvgIpc) is 2.61. The molecule has 2 aromatic carbocycles.